The zero-order valence-corrected chi connectivity index (χ0v) is 20.1. The molecule has 2 aromatic carbocycles. The number of anilines is 3. The van der Waals surface area contributed by atoms with Crippen LogP contribution in [0.2, 0.25) is 10.0 Å². The van der Waals surface area contributed by atoms with E-state index in [4.69, 9.17) is 32.7 Å². The van der Waals surface area contributed by atoms with Gasteiger partial charge in [-0.3, -0.25) is 14.2 Å². The highest BCUT2D eigenvalue weighted by atomic mass is 35.5. The van der Waals surface area contributed by atoms with Gasteiger partial charge in [-0.2, -0.15) is 0 Å². The molecule has 0 fully saturated rings. The standard InChI is InChI=1S/C24H19Cl2N5O4/c1-4-19(32)28-13-7-5-6-8-14(13)29-24-27-12-16-15(30-24)9-10-31(16)23(33)20-21(25)17(34-2)11-18(35-3)22(20)26/h4-12H,1H2,2-3H3,(H,28,32)(H,27,29,30). The number of rotatable bonds is 7. The topological polar surface area (TPSA) is 107 Å². The lowest BCUT2D eigenvalue weighted by atomic mass is 10.1. The molecule has 0 saturated heterocycles. The quantitative estimate of drug-likeness (QED) is 0.323. The van der Waals surface area contributed by atoms with Gasteiger partial charge in [0.2, 0.25) is 11.9 Å². The van der Waals surface area contributed by atoms with Crippen molar-refractivity contribution >= 4 is 63.4 Å². The Morgan fingerprint density at radius 1 is 1.06 bits per heavy atom. The Hall–Kier alpha value is -4.08. The summed E-state index contributed by atoms with van der Waals surface area (Å²) in [5, 5.41) is 5.90. The fourth-order valence-electron chi connectivity index (χ4n) is 3.36. The summed E-state index contributed by atoms with van der Waals surface area (Å²) in [6.07, 6.45) is 4.21. The van der Waals surface area contributed by atoms with E-state index in [1.54, 1.807) is 36.5 Å². The molecule has 178 valence electrons. The van der Waals surface area contributed by atoms with Crippen molar-refractivity contribution in [2.75, 3.05) is 24.9 Å². The summed E-state index contributed by atoms with van der Waals surface area (Å²) in [5.41, 5.74) is 2.06. The predicted molar refractivity (Wildman–Crippen MR) is 135 cm³/mol. The van der Waals surface area contributed by atoms with Crippen LogP contribution < -0.4 is 20.1 Å². The molecular formula is C24H19Cl2N5O4. The first-order valence-electron chi connectivity index (χ1n) is 10.2. The largest absolute Gasteiger partial charge is 0.495 e. The number of benzene rings is 2. The van der Waals surface area contributed by atoms with Gasteiger partial charge in [-0.1, -0.05) is 41.9 Å². The van der Waals surface area contributed by atoms with Gasteiger partial charge in [0.25, 0.3) is 5.91 Å². The van der Waals surface area contributed by atoms with Crippen molar-refractivity contribution in [1.29, 1.82) is 0 Å². The number of fused-ring (bicyclic) bond motifs is 1. The Bertz CT molecular complexity index is 1440. The maximum absolute atomic E-state index is 13.4. The van der Waals surface area contributed by atoms with Crippen LogP contribution >= 0.6 is 23.2 Å². The van der Waals surface area contributed by atoms with Crippen LogP contribution in [0.1, 0.15) is 10.4 Å². The van der Waals surface area contributed by atoms with Crippen molar-refractivity contribution in [3.05, 3.63) is 77.1 Å². The van der Waals surface area contributed by atoms with Crippen molar-refractivity contribution in [3.8, 4) is 11.5 Å². The van der Waals surface area contributed by atoms with Crippen LogP contribution in [0.25, 0.3) is 11.0 Å². The number of halogens is 2. The lowest BCUT2D eigenvalue weighted by Gasteiger charge is -2.14. The first kappa shape index (κ1) is 24.1. The number of hydrogen-bond donors (Lipinski definition) is 2. The number of aromatic nitrogens is 3. The van der Waals surface area contributed by atoms with Crippen molar-refractivity contribution in [3.63, 3.8) is 0 Å². The highest BCUT2D eigenvalue weighted by Crippen LogP contribution is 2.41. The molecule has 4 rings (SSSR count). The minimum absolute atomic E-state index is 0.0242. The molecule has 2 N–H and O–H groups in total. The van der Waals surface area contributed by atoms with Crippen LogP contribution in [0, 0.1) is 0 Å². The van der Waals surface area contributed by atoms with E-state index in [2.05, 4.69) is 27.2 Å². The third-order valence-electron chi connectivity index (χ3n) is 5.06. The van der Waals surface area contributed by atoms with Crippen LogP contribution in [0.5, 0.6) is 11.5 Å². The number of carbonyl (C=O) groups is 2. The number of para-hydroxylation sites is 2. The van der Waals surface area contributed by atoms with Gasteiger partial charge in [-0.15, -0.1) is 0 Å². The second kappa shape index (κ2) is 10.0. The van der Waals surface area contributed by atoms with Gasteiger partial charge >= 0.3 is 0 Å². The Morgan fingerprint density at radius 2 is 1.71 bits per heavy atom. The van der Waals surface area contributed by atoms with E-state index in [0.29, 0.717) is 22.4 Å². The van der Waals surface area contributed by atoms with Gasteiger partial charge in [0.1, 0.15) is 11.5 Å². The van der Waals surface area contributed by atoms with Gasteiger partial charge in [0, 0.05) is 12.3 Å². The molecule has 0 spiro atoms. The maximum Gasteiger partial charge on any atom is 0.265 e. The number of nitrogens with zero attached hydrogens (tertiary/aromatic N) is 3. The third-order valence-corrected chi connectivity index (χ3v) is 5.81. The van der Waals surface area contributed by atoms with E-state index < -0.39 is 5.91 Å². The van der Waals surface area contributed by atoms with Crippen LogP contribution in [-0.4, -0.2) is 40.6 Å². The van der Waals surface area contributed by atoms with Gasteiger partial charge in [-0.25, -0.2) is 9.97 Å². The zero-order valence-electron chi connectivity index (χ0n) is 18.6. The molecule has 0 aliphatic rings. The van der Waals surface area contributed by atoms with E-state index in [0.717, 1.165) is 0 Å². The molecule has 11 heteroatoms. The summed E-state index contributed by atoms with van der Waals surface area (Å²) < 4.78 is 11.8. The summed E-state index contributed by atoms with van der Waals surface area (Å²) in [6, 6.07) is 10.2. The number of carbonyl (C=O) groups excluding carboxylic acids is 2. The molecule has 0 saturated carbocycles. The second-order valence-electron chi connectivity index (χ2n) is 7.10. The molecule has 2 aromatic heterocycles. The first-order valence-corrected chi connectivity index (χ1v) is 10.9. The van der Waals surface area contributed by atoms with E-state index in [9.17, 15) is 9.59 Å². The number of nitrogens with one attached hydrogen (secondary N) is 2. The SMILES string of the molecule is C=CC(=O)Nc1ccccc1Nc1ncc2c(ccn2C(=O)c2c(Cl)c(OC)cc(OC)c2Cl)n1. The van der Waals surface area contributed by atoms with E-state index in [1.807, 2.05) is 0 Å². The lowest BCUT2D eigenvalue weighted by molar-refractivity contribution is -0.111. The highest BCUT2D eigenvalue weighted by Gasteiger charge is 2.25. The summed E-state index contributed by atoms with van der Waals surface area (Å²) >= 11 is 12.8. The molecule has 9 nitrogen and oxygen atoms in total. The first-order chi connectivity index (χ1) is 16.9. The Balaban J connectivity index is 1.69. The molecule has 0 atom stereocenters. The molecule has 35 heavy (non-hydrogen) atoms. The normalized spacial score (nSPS) is 10.6. The smallest absolute Gasteiger partial charge is 0.265 e. The average molecular weight is 512 g/mol. The summed E-state index contributed by atoms with van der Waals surface area (Å²) in [6.45, 7) is 3.46. The molecular weight excluding hydrogens is 493 g/mol. The minimum atomic E-state index is -0.506. The second-order valence-corrected chi connectivity index (χ2v) is 7.86. The van der Waals surface area contributed by atoms with Crippen LogP contribution in [0.15, 0.2) is 61.4 Å². The number of amides is 1. The summed E-state index contributed by atoms with van der Waals surface area (Å²) in [4.78, 5) is 33.9. The summed E-state index contributed by atoms with van der Waals surface area (Å²) in [5.74, 6) is -0.0934. The Morgan fingerprint density at radius 3 is 2.34 bits per heavy atom. The van der Waals surface area contributed by atoms with Crippen LogP contribution in [0.3, 0.4) is 0 Å². The average Bonchev–Trinajstić information content (AvgIpc) is 3.28. The third kappa shape index (κ3) is 4.64. The van der Waals surface area contributed by atoms with Crippen LogP contribution in [0.4, 0.5) is 17.3 Å². The molecule has 0 radical (unpaired) electrons. The van der Waals surface area contributed by atoms with Gasteiger partial charge in [0.05, 0.1) is 58.4 Å². The molecule has 0 aliphatic carbocycles. The van der Waals surface area contributed by atoms with Crippen molar-refractivity contribution in [1.82, 2.24) is 14.5 Å². The lowest BCUT2D eigenvalue weighted by Crippen LogP contribution is -2.13. The Kier molecular flexibility index (Phi) is 6.90. The fraction of sp³-hybridized carbons (Fsp3) is 0.0833. The van der Waals surface area contributed by atoms with E-state index in [-0.39, 0.29) is 39.0 Å². The molecule has 0 unspecified atom stereocenters. The maximum atomic E-state index is 13.4. The van der Waals surface area contributed by atoms with Gasteiger partial charge in [-0.05, 0) is 24.3 Å². The van der Waals surface area contributed by atoms with Gasteiger partial charge in [0.15, 0.2) is 0 Å². The molecule has 0 bridgehead atoms. The molecule has 2 heterocycles. The van der Waals surface area contributed by atoms with E-state index in [1.165, 1.54) is 37.1 Å². The molecule has 1 amide bonds. The molecule has 0 aliphatic heterocycles. The Labute approximate surface area is 210 Å². The number of hydrogen-bond acceptors (Lipinski definition) is 7. The monoisotopic (exact) mass is 511 g/mol. The van der Waals surface area contributed by atoms with Crippen molar-refractivity contribution in [2.24, 2.45) is 0 Å². The highest BCUT2D eigenvalue weighted by molar-refractivity contribution is 6.41. The molecule has 4 aromatic rings. The van der Waals surface area contributed by atoms with Crippen LogP contribution in [-0.2, 0) is 4.79 Å². The van der Waals surface area contributed by atoms with Crippen molar-refractivity contribution in [2.45, 2.75) is 0 Å². The fourth-order valence-corrected chi connectivity index (χ4v) is 4.02. The number of methoxy groups -OCH3 is 2. The minimum Gasteiger partial charge on any atom is -0.495 e. The predicted octanol–water partition coefficient (Wildman–Crippen LogP) is 5.31. The van der Waals surface area contributed by atoms with Gasteiger partial charge < -0.3 is 20.1 Å². The number of ether oxygens (including phenoxy) is 2. The van der Waals surface area contributed by atoms with Crippen molar-refractivity contribution < 1.29 is 19.1 Å². The zero-order chi connectivity index (χ0) is 25.1. The summed E-state index contributed by atoms with van der Waals surface area (Å²) in [7, 11) is 2.86. The van der Waals surface area contributed by atoms with E-state index >= 15 is 0 Å².